The third-order valence-corrected chi connectivity index (χ3v) is 21.1. The molecule has 101 heavy (non-hydrogen) atoms. The van der Waals surface area contributed by atoms with E-state index in [1.165, 1.54) is 32.5 Å². The fourth-order valence-corrected chi connectivity index (χ4v) is 16.8. The molecule has 0 spiro atoms. The van der Waals surface area contributed by atoms with Gasteiger partial charge in [-0.1, -0.05) is 340 Å². The minimum Gasteiger partial charge on any atom is -0.310 e. The summed E-state index contributed by atoms with van der Waals surface area (Å²) in [7, 11) is 0. The van der Waals surface area contributed by atoms with Gasteiger partial charge in [-0.2, -0.15) is 0 Å². The van der Waals surface area contributed by atoms with Crippen molar-refractivity contribution in [1.29, 1.82) is 0 Å². The Morgan fingerprint density at radius 2 is 0.554 bits per heavy atom. The molecule has 2 aromatic heterocycles. The van der Waals surface area contributed by atoms with Crippen LogP contribution in [0.25, 0.3) is 133 Å². The summed E-state index contributed by atoms with van der Waals surface area (Å²) in [5, 5.41) is 4.73. The quantitative estimate of drug-likeness (QED) is 0.120. The zero-order chi connectivity index (χ0) is 66.5. The Kier molecular flexibility index (Phi) is 13.7. The molecule has 4 nitrogen and oxygen atoms in total. The van der Waals surface area contributed by atoms with E-state index in [0.717, 1.165) is 151 Å². The topological polar surface area (TPSA) is 16.3 Å². The van der Waals surface area contributed by atoms with Crippen molar-refractivity contribution in [2.45, 2.75) is 0 Å². The van der Waals surface area contributed by atoms with Crippen molar-refractivity contribution in [3.8, 4) is 89.3 Å². The normalized spacial score (nSPS) is 12.3. The van der Waals surface area contributed by atoms with E-state index >= 15 is 0 Å². The van der Waals surface area contributed by atoms with Gasteiger partial charge in [-0.3, -0.25) is 0 Å². The molecular weight excluding hydrogens is 1220 g/mol. The van der Waals surface area contributed by atoms with Crippen molar-refractivity contribution in [2.24, 2.45) is 0 Å². The summed E-state index contributed by atoms with van der Waals surface area (Å²) in [4.78, 5) is 5.42. The van der Waals surface area contributed by atoms with Crippen molar-refractivity contribution in [1.82, 2.24) is 9.13 Å². The van der Waals surface area contributed by atoms with Crippen LogP contribution in [0.2, 0.25) is 0 Å². The summed E-state index contributed by atoms with van der Waals surface area (Å²) in [5.41, 5.74) is 32.9. The second-order valence-electron chi connectivity index (χ2n) is 26.6. The number of rotatable bonds is 11. The average Bonchev–Trinajstić information content (AvgIpc) is 1.65. The lowest BCUT2D eigenvalue weighted by molar-refractivity contribution is 1.16. The molecule has 0 aliphatic carbocycles. The van der Waals surface area contributed by atoms with E-state index in [2.05, 4.69) is 401 Å². The summed E-state index contributed by atoms with van der Waals surface area (Å²) in [6, 6.07) is 142. The van der Waals surface area contributed by atoms with Crippen molar-refractivity contribution in [2.75, 3.05) is 9.80 Å². The van der Waals surface area contributed by atoms with Gasteiger partial charge in [0.25, 0.3) is 6.71 Å². The van der Waals surface area contributed by atoms with Gasteiger partial charge in [-0.15, -0.1) is 0 Å². The minimum absolute atomic E-state index is 0.301. The molecule has 470 valence electrons. The van der Waals surface area contributed by atoms with E-state index in [0.29, 0.717) is 0 Å². The monoisotopic (exact) mass is 1280 g/mol. The van der Waals surface area contributed by atoms with Crippen LogP contribution in [-0.2, 0) is 0 Å². The fraction of sp³-hybridized carbons (Fsp3) is 0. The highest BCUT2D eigenvalue weighted by molar-refractivity contribution is 7.00. The van der Waals surface area contributed by atoms with E-state index < -0.39 is 0 Å². The Bertz CT molecular complexity index is 6020. The maximum absolute atomic E-state index is 2.75. The third-order valence-electron chi connectivity index (χ3n) is 21.1. The molecule has 0 N–H and O–H groups in total. The third kappa shape index (κ3) is 9.24. The molecule has 0 unspecified atom stereocenters. The number of fused-ring (bicyclic) bond motifs is 11. The number of para-hydroxylation sites is 6. The minimum atomic E-state index is -0.301. The first-order valence-electron chi connectivity index (χ1n) is 34.9. The Balaban J connectivity index is 1.01. The van der Waals surface area contributed by atoms with Crippen LogP contribution in [0, 0.1) is 0 Å². The van der Waals surface area contributed by atoms with E-state index in [1.54, 1.807) is 0 Å². The van der Waals surface area contributed by atoms with Crippen LogP contribution in [0.1, 0.15) is 0 Å². The molecule has 2 aliphatic rings. The fourth-order valence-electron chi connectivity index (χ4n) is 16.8. The molecular formula is C96H63BN4. The number of aromatic nitrogens is 2. The van der Waals surface area contributed by atoms with Gasteiger partial charge in [0, 0.05) is 72.0 Å². The largest absolute Gasteiger partial charge is 0.310 e. The number of hydrogen-bond acceptors (Lipinski definition) is 2. The van der Waals surface area contributed by atoms with Gasteiger partial charge in [-0.25, -0.2) is 0 Å². The van der Waals surface area contributed by atoms with Crippen molar-refractivity contribution >= 4 is 101 Å². The Morgan fingerprint density at radius 1 is 0.198 bits per heavy atom. The van der Waals surface area contributed by atoms with Crippen LogP contribution in [-0.4, -0.2) is 15.8 Å². The predicted octanol–water partition coefficient (Wildman–Crippen LogP) is 23.6. The molecule has 4 heterocycles. The second kappa shape index (κ2) is 23.8. The SMILES string of the molecule is c1ccc(-c2ccc3c(c2)B2c4ccc5c(c4N(c4c(-c6ccccc6)cccc4-c4ccccc4)c4cc(-n6c7ccccc7c7ccccc76)cc(c42)N3c2c(-c3ccccc3)cccc2-c2ccccc2)c2ccccc2n5-c2c(-c3ccccc3)cccc2-c2ccccc2)cc1. The summed E-state index contributed by atoms with van der Waals surface area (Å²) in [6.07, 6.45) is 0. The highest BCUT2D eigenvalue weighted by atomic mass is 15.2. The van der Waals surface area contributed by atoms with Crippen LogP contribution >= 0.6 is 0 Å². The van der Waals surface area contributed by atoms with Crippen molar-refractivity contribution in [3.63, 3.8) is 0 Å². The number of hydrogen-bond donors (Lipinski definition) is 0. The van der Waals surface area contributed by atoms with Crippen molar-refractivity contribution in [3.05, 3.63) is 382 Å². The maximum atomic E-state index is 2.75. The standard InChI is InChI=1S/C96H63BN4/c1-8-31-64(32-9-1)71-57-59-87-83(61-71)97-82-58-60-88-91(81-47-24-27-56-86(81)99(88)93-73(65-33-10-2-11-34-65)48-28-49-74(93)66-35-12-3-13-36-66)96(82)101(95-77(69-41-18-6-19-42-69)52-30-53-78(95)70-43-20-7-21-44-70)90-63-72(98-84-54-25-22-45-79(84)80-46-23-26-55-85(80)98)62-89(92(90)97)100(87)94-75(67-37-14-4-15-38-67)50-29-51-76(94)68-39-16-5-17-40-68/h1-63H. The highest BCUT2D eigenvalue weighted by Gasteiger charge is 2.47. The van der Waals surface area contributed by atoms with Crippen LogP contribution in [0.15, 0.2) is 382 Å². The maximum Gasteiger partial charge on any atom is 0.252 e. The lowest BCUT2D eigenvalue weighted by atomic mass is 9.33. The molecule has 0 saturated heterocycles. The molecule has 18 aromatic rings. The molecule has 2 aliphatic heterocycles. The number of benzene rings is 16. The Hall–Kier alpha value is -13.2. The summed E-state index contributed by atoms with van der Waals surface area (Å²) < 4.78 is 5.14. The van der Waals surface area contributed by atoms with Gasteiger partial charge in [0.2, 0.25) is 0 Å². The first-order chi connectivity index (χ1) is 50.2. The Morgan fingerprint density at radius 3 is 0.990 bits per heavy atom. The van der Waals surface area contributed by atoms with Gasteiger partial charge in [0.05, 0.1) is 50.5 Å². The zero-order valence-corrected chi connectivity index (χ0v) is 55.2. The van der Waals surface area contributed by atoms with Crippen LogP contribution < -0.4 is 26.2 Å². The summed E-state index contributed by atoms with van der Waals surface area (Å²) >= 11 is 0. The highest BCUT2D eigenvalue weighted by Crippen LogP contribution is 2.56. The predicted molar refractivity (Wildman–Crippen MR) is 427 cm³/mol. The lowest BCUT2D eigenvalue weighted by Gasteiger charge is -2.46. The summed E-state index contributed by atoms with van der Waals surface area (Å²) in [5.74, 6) is 0. The molecule has 0 radical (unpaired) electrons. The van der Waals surface area contributed by atoms with Gasteiger partial charge in [0.15, 0.2) is 0 Å². The molecule has 20 rings (SSSR count). The summed E-state index contributed by atoms with van der Waals surface area (Å²) in [6.45, 7) is -0.301. The van der Waals surface area contributed by atoms with E-state index in [4.69, 9.17) is 0 Å². The smallest absolute Gasteiger partial charge is 0.252 e. The second-order valence-corrected chi connectivity index (χ2v) is 26.6. The van der Waals surface area contributed by atoms with Crippen molar-refractivity contribution < 1.29 is 0 Å². The number of nitrogens with zero attached hydrogens (tertiary/aromatic N) is 4. The van der Waals surface area contributed by atoms with E-state index in [9.17, 15) is 0 Å². The van der Waals surface area contributed by atoms with Gasteiger partial charge < -0.3 is 18.9 Å². The van der Waals surface area contributed by atoms with Crippen LogP contribution in [0.5, 0.6) is 0 Å². The lowest BCUT2D eigenvalue weighted by Crippen LogP contribution is -2.61. The molecule has 16 aromatic carbocycles. The number of anilines is 6. The first kappa shape index (κ1) is 58.0. The Labute approximate surface area is 587 Å². The molecule has 0 fully saturated rings. The van der Waals surface area contributed by atoms with Crippen LogP contribution in [0.4, 0.5) is 34.1 Å². The molecule has 5 heteroatoms. The van der Waals surface area contributed by atoms with Gasteiger partial charge in [-0.05, 0) is 103 Å². The van der Waals surface area contributed by atoms with Gasteiger partial charge in [0.1, 0.15) is 0 Å². The van der Waals surface area contributed by atoms with Gasteiger partial charge >= 0.3 is 0 Å². The van der Waals surface area contributed by atoms with E-state index in [-0.39, 0.29) is 6.71 Å². The molecule has 0 atom stereocenters. The molecule has 0 amide bonds. The zero-order valence-electron chi connectivity index (χ0n) is 55.2. The van der Waals surface area contributed by atoms with E-state index in [1.807, 2.05) is 0 Å². The average molecular weight is 1280 g/mol. The first-order valence-corrected chi connectivity index (χ1v) is 34.9. The molecule has 0 saturated carbocycles. The molecule has 0 bridgehead atoms. The van der Waals surface area contributed by atoms with Crippen LogP contribution in [0.3, 0.4) is 0 Å².